The Labute approximate surface area is 144 Å². The van der Waals surface area contributed by atoms with Crippen LogP contribution in [0.25, 0.3) is 5.65 Å². The summed E-state index contributed by atoms with van der Waals surface area (Å²) in [6.07, 6.45) is 1.82. The highest BCUT2D eigenvalue weighted by Crippen LogP contribution is 2.15. The lowest BCUT2D eigenvalue weighted by atomic mass is 10.3. The van der Waals surface area contributed by atoms with Crippen molar-refractivity contribution in [1.29, 1.82) is 0 Å². The largest absolute Gasteiger partial charge is 0.331 e. The first-order chi connectivity index (χ1) is 11.6. The average molecular weight is 339 g/mol. The molecule has 1 amide bonds. The van der Waals surface area contributed by atoms with Gasteiger partial charge < -0.3 is 5.32 Å². The topological polar surface area (TPSA) is 70.5 Å². The third-order valence-corrected chi connectivity index (χ3v) is 3.76. The first-order valence-electron chi connectivity index (χ1n) is 7.43. The summed E-state index contributed by atoms with van der Waals surface area (Å²) in [6.45, 7) is 3.77. The molecule has 0 aliphatic carbocycles. The van der Waals surface area contributed by atoms with Gasteiger partial charge in [0.2, 0.25) is 0 Å². The Morgan fingerprint density at radius 3 is 2.58 bits per heavy atom. The second-order valence-corrected chi connectivity index (χ2v) is 5.74. The molecule has 2 aromatic heterocycles. The summed E-state index contributed by atoms with van der Waals surface area (Å²) in [7, 11) is 0. The van der Waals surface area contributed by atoms with E-state index < -0.39 is 0 Å². The first kappa shape index (κ1) is 15.9. The van der Waals surface area contributed by atoms with Crippen LogP contribution in [0, 0.1) is 13.8 Å². The number of para-hydroxylation sites is 1. The first-order valence-corrected chi connectivity index (χ1v) is 7.84. The van der Waals surface area contributed by atoms with E-state index in [9.17, 15) is 4.79 Å². The van der Waals surface area contributed by atoms with Crippen molar-refractivity contribution in [2.75, 3.05) is 5.32 Å². The van der Waals surface area contributed by atoms with Crippen LogP contribution in [-0.2, 0) is 0 Å². The smallest absolute Gasteiger partial charge is 0.288 e. The third-order valence-electron chi connectivity index (χ3n) is 3.56. The van der Waals surface area contributed by atoms with Gasteiger partial charge in [-0.25, -0.2) is 4.98 Å². The van der Waals surface area contributed by atoms with Gasteiger partial charge in [0.25, 0.3) is 5.91 Å². The number of carbonyl (C=O) groups is 1. The molecule has 0 spiro atoms. The maximum atomic E-state index is 12.5. The fraction of sp³-hybridized carbons (Fsp3) is 0.118. The fourth-order valence-corrected chi connectivity index (χ4v) is 2.62. The molecule has 3 rings (SSSR count). The average Bonchev–Trinajstić information content (AvgIpc) is 2.91. The predicted molar refractivity (Wildman–Crippen MR) is 97.9 cm³/mol. The van der Waals surface area contributed by atoms with Crippen LogP contribution >= 0.6 is 12.2 Å². The number of benzene rings is 1. The molecule has 0 saturated heterocycles. The molecule has 0 saturated carbocycles. The van der Waals surface area contributed by atoms with Crippen molar-refractivity contribution in [2.24, 2.45) is 0 Å². The quantitative estimate of drug-likeness (QED) is 0.494. The van der Waals surface area contributed by atoms with Crippen molar-refractivity contribution in [3.05, 3.63) is 65.6 Å². The Morgan fingerprint density at radius 2 is 1.83 bits per heavy atom. The number of hydrogen-bond acceptors (Lipinski definition) is 3. The third kappa shape index (κ3) is 3.21. The number of pyridine rings is 1. The molecule has 0 aliphatic rings. The van der Waals surface area contributed by atoms with Gasteiger partial charge in [0.1, 0.15) is 11.3 Å². The van der Waals surface area contributed by atoms with Gasteiger partial charge in [0.15, 0.2) is 5.11 Å². The number of anilines is 1. The molecule has 24 heavy (non-hydrogen) atoms. The van der Waals surface area contributed by atoms with Crippen molar-refractivity contribution < 1.29 is 4.79 Å². The zero-order valence-electron chi connectivity index (χ0n) is 13.3. The summed E-state index contributed by atoms with van der Waals surface area (Å²) in [5, 5.41) is 3.29. The van der Waals surface area contributed by atoms with E-state index in [1.165, 1.54) is 0 Å². The Morgan fingerprint density at radius 1 is 1.08 bits per heavy atom. The number of nitrogens with zero attached hydrogens (tertiary/aromatic N) is 2. The highest BCUT2D eigenvalue weighted by Gasteiger charge is 2.17. The number of hydrazine groups is 1. The van der Waals surface area contributed by atoms with Crippen LogP contribution in [-0.4, -0.2) is 20.4 Å². The van der Waals surface area contributed by atoms with Gasteiger partial charge in [-0.05, 0) is 49.8 Å². The Hall–Kier alpha value is -2.93. The molecular formula is C17H17N5OS. The monoisotopic (exact) mass is 339 g/mol. The van der Waals surface area contributed by atoms with Crippen LogP contribution in [0.1, 0.15) is 21.7 Å². The normalized spacial score (nSPS) is 10.4. The molecule has 7 heteroatoms. The summed E-state index contributed by atoms with van der Waals surface area (Å²) in [5.74, 6) is -0.303. The number of aromatic nitrogens is 2. The fourth-order valence-electron chi connectivity index (χ4n) is 2.45. The number of thiocarbonyl (C=S) groups is 1. The van der Waals surface area contributed by atoms with E-state index in [-0.39, 0.29) is 5.91 Å². The number of carbonyl (C=O) groups excluding carboxylic acids is 1. The van der Waals surface area contributed by atoms with Gasteiger partial charge in [0, 0.05) is 11.9 Å². The maximum absolute atomic E-state index is 12.5. The molecule has 0 aliphatic heterocycles. The van der Waals surface area contributed by atoms with Crippen LogP contribution < -0.4 is 16.2 Å². The number of aryl methyl sites for hydroxylation is 2. The number of nitrogens with one attached hydrogen (secondary N) is 3. The molecule has 122 valence electrons. The minimum absolute atomic E-state index is 0.303. The molecule has 0 unspecified atom stereocenters. The number of fused-ring (bicyclic) bond motifs is 1. The number of hydrogen-bond donors (Lipinski definition) is 3. The minimum Gasteiger partial charge on any atom is -0.331 e. The lowest BCUT2D eigenvalue weighted by Crippen LogP contribution is -2.44. The molecule has 3 N–H and O–H groups in total. The lowest BCUT2D eigenvalue weighted by Gasteiger charge is -2.11. The van der Waals surface area contributed by atoms with Gasteiger partial charge in [-0.15, -0.1) is 0 Å². The SMILES string of the molecule is Cc1nc2c(C)cccn2c1C(=O)NNC(=S)Nc1ccccc1. The maximum Gasteiger partial charge on any atom is 0.288 e. The van der Waals surface area contributed by atoms with E-state index in [1.807, 2.05) is 62.5 Å². The number of amides is 1. The van der Waals surface area contributed by atoms with Crippen molar-refractivity contribution >= 4 is 34.6 Å². The van der Waals surface area contributed by atoms with Crippen LogP contribution in [0.2, 0.25) is 0 Å². The van der Waals surface area contributed by atoms with E-state index >= 15 is 0 Å². The van der Waals surface area contributed by atoms with Gasteiger partial charge in [-0.1, -0.05) is 24.3 Å². The Kier molecular flexibility index (Phi) is 4.43. The van der Waals surface area contributed by atoms with E-state index in [0.717, 1.165) is 16.9 Å². The molecule has 0 bridgehead atoms. The summed E-state index contributed by atoms with van der Waals surface area (Å²) in [6, 6.07) is 13.3. The van der Waals surface area contributed by atoms with Crippen LogP contribution in [0.3, 0.4) is 0 Å². The lowest BCUT2D eigenvalue weighted by molar-refractivity contribution is 0.0937. The van der Waals surface area contributed by atoms with Crippen molar-refractivity contribution in [3.8, 4) is 0 Å². The zero-order valence-corrected chi connectivity index (χ0v) is 14.1. The molecule has 6 nitrogen and oxygen atoms in total. The van der Waals surface area contributed by atoms with E-state index in [1.54, 1.807) is 4.40 Å². The van der Waals surface area contributed by atoms with E-state index in [4.69, 9.17) is 12.2 Å². The Bertz CT molecular complexity index is 904. The molecule has 3 aromatic rings. The van der Waals surface area contributed by atoms with Crippen molar-refractivity contribution in [3.63, 3.8) is 0 Å². The minimum atomic E-state index is -0.303. The van der Waals surface area contributed by atoms with Crippen LogP contribution in [0.5, 0.6) is 0 Å². The molecule has 0 fully saturated rings. The molecule has 2 heterocycles. The van der Waals surface area contributed by atoms with Crippen molar-refractivity contribution in [1.82, 2.24) is 20.2 Å². The van der Waals surface area contributed by atoms with Gasteiger partial charge in [-0.3, -0.25) is 20.0 Å². The van der Waals surface area contributed by atoms with E-state index in [2.05, 4.69) is 21.2 Å². The summed E-state index contributed by atoms with van der Waals surface area (Å²) >= 11 is 5.17. The van der Waals surface area contributed by atoms with Gasteiger partial charge in [-0.2, -0.15) is 0 Å². The van der Waals surface area contributed by atoms with Crippen LogP contribution in [0.15, 0.2) is 48.7 Å². The molecule has 0 atom stereocenters. The standard InChI is InChI=1S/C17H17N5OS/c1-11-7-6-10-22-14(12(2)18-15(11)22)16(23)20-21-17(24)19-13-8-4-3-5-9-13/h3-10H,1-2H3,(H,20,23)(H2,19,21,24). The highest BCUT2D eigenvalue weighted by atomic mass is 32.1. The highest BCUT2D eigenvalue weighted by molar-refractivity contribution is 7.80. The number of rotatable bonds is 2. The van der Waals surface area contributed by atoms with Crippen molar-refractivity contribution in [2.45, 2.75) is 13.8 Å². The second kappa shape index (κ2) is 6.67. The molecular weight excluding hydrogens is 322 g/mol. The van der Waals surface area contributed by atoms with Gasteiger partial charge >= 0.3 is 0 Å². The summed E-state index contributed by atoms with van der Waals surface area (Å²) in [4.78, 5) is 16.9. The second-order valence-electron chi connectivity index (χ2n) is 5.33. The molecule has 0 radical (unpaired) electrons. The summed E-state index contributed by atoms with van der Waals surface area (Å²) in [5.41, 5.74) is 9.06. The summed E-state index contributed by atoms with van der Waals surface area (Å²) < 4.78 is 1.77. The van der Waals surface area contributed by atoms with Gasteiger partial charge in [0.05, 0.1) is 5.69 Å². The predicted octanol–water partition coefficient (Wildman–Crippen LogP) is 2.58. The van der Waals surface area contributed by atoms with E-state index in [0.29, 0.717) is 16.5 Å². The zero-order chi connectivity index (χ0) is 17.1. The number of imidazole rings is 1. The van der Waals surface area contributed by atoms with Crippen LogP contribution in [0.4, 0.5) is 5.69 Å². The Balaban J connectivity index is 1.71. The molecule has 1 aromatic carbocycles.